The van der Waals surface area contributed by atoms with Crippen LogP contribution in [0, 0.1) is 0 Å². The Hall–Kier alpha value is -3.55. The molecule has 2 aromatic carbocycles. The number of carbonyl (C=O) groups is 2. The van der Waals surface area contributed by atoms with Gasteiger partial charge in [0.1, 0.15) is 0 Å². The summed E-state index contributed by atoms with van der Waals surface area (Å²) in [6, 6.07) is 18.3. The molecular formula is C23H25N5O3. The molecule has 1 aliphatic rings. The molecule has 1 unspecified atom stereocenters. The molecule has 1 aliphatic heterocycles. The SMILES string of the molecule is O=C(OCCCn1nnc(-c2ccccc2)n1)C(c1ccccc1)N1CCCCC1=O. The second-order valence-electron chi connectivity index (χ2n) is 7.45. The number of tetrazole rings is 1. The zero-order valence-electron chi connectivity index (χ0n) is 17.3. The Morgan fingerprint density at radius 1 is 1.03 bits per heavy atom. The van der Waals surface area contributed by atoms with E-state index >= 15 is 0 Å². The summed E-state index contributed by atoms with van der Waals surface area (Å²) in [5, 5.41) is 12.5. The Bertz CT molecular complexity index is 1010. The van der Waals surface area contributed by atoms with Gasteiger partial charge in [-0.05, 0) is 23.6 Å². The van der Waals surface area contributed by atoms with Crippen LogP contribution in [-0.2, 0) is 20.9 Å². The Morgan fingerprint density at radius 3 is 2.52 bits per heavy atom. The van der Waals surface area contributed by atoms with Gasteiger partial charge >= 0.3 is 5.97 Å². The summed E-state index contributed by atoms with van der Waals surface area (Å²) in [6.07, 6.45) is 2.77. The molecule has 0 radical (unpaired) electrons. The van der Waals surface area contributed by atoms with E-state index in [4.69, 9.17) is 4.74 Å². The maximum Gasteiger partial charge on any atom is 0.333 e. The van der Waals surface area contributed by atoms with Crippen LogP contribution in [0.5, 0.6) is 0 Å². The molecule has 0 spiro atoms. The molecule has 0 saturated carbocycles. The van der Waals surface area contributed by atoms with E-state index in [-0.39, 0.29) is 12.5 Å². The lowest BCUT2D eigenvalue weighted by Gasteiger charge is -2.33. The second kappa shape index (κ2) is 9.97. The van der Waals surface area contributed by atoms with Gasteiger partial charge in [-0.3, -0.25) is 4.79 Å². The van der Waals surface area contributed by atoms with E-state index < -0.39 is 12.0 Å². The van der Waals surface area contributed by atoms with E-state index in [1.54, 1.807) is 4.90 Å². The van der Waals surface area contributed by atoms with Gasteiger partial charge in [0.25, 0.3) is 0 Å². The maximum absolute atomic E-state index is 12.9. The van der Waals surface area contributed by atoms with E-state index in [0.29, 0.717) is 31.8 Å². The number of rotatable bonds is 8. The highest BCUT2D eigenvalue weighted by molar-refractivity contribution is 5.86. The predicted octanol–water partition coefficient (Wildman–Crippen LogP) is 3.03. The predicted molar refractivity (Wildman–Crippen MR) is 114 cm³/mol. The topological polar surface area (TPSA) is 90.2 Å². The van der Waals surface area contributed by atoms with Crippen molar-refractivity contribution in [3.05, 3.63) is 66.2 Å². The van der Waals surface area contributed by atoms with Crippen LogP contribution in [0.15, 0.2) is 60.7 Å². The molecule has 1 saturated heterocycles. The third-order valence-corrected chi connectivity index (χ3v) is 5.24. The second-order valence-corrected chi connectivity index (χ2v) is 7.45. The molecule has 0 aliphatic carbocycles. The number of benzene rings is 2. The first-order chi connectivity index (χ1) is 15.2. The van der Waals surface area contributed by atoms with Gasteiger partial charge in [-0.2, -0.15) is 4.80 Å². The number of ether oxygens (including phenoxy) is 1. The van der Waals surface area contributed by atoms with Gasteiger partial charge in [-0.1, -0.05) is 60.7 Å². The van der Waals surface area contributed by atoms with Crippen molar-refractivity contribution in [3.8, 4) is 11.4 Å². The third-order valence-electron chi connectivity index (χ3n) is 5.24. The molecular weight excluding hydrogens is 394 g/mol. The van der Waals surface area contributed by atoms with E-state index in [0.717, 1.165) is 24.0 Å². The summed E-state index contributed by atoms with van der Waals surface area (Å²) in [7, 11) is 0. The fraction of sp³-hybridized carbons (Fsp3) is 0.348. The number of hydrogen-bond acceptors (Lipinski definition) is 6. The Labute approximate surface area is 180 Å². The first kappa shape index (κ1) is 20.7. The first-order valence-electron chi connectivity index (χ1n) is 10.6. The quantitative estimate of drug-likeness (QED) is 0.412. The van der Waals surface area contributed by atoms with Gasteiger partial charge in [0.2, 0.25) is 11.7 Å². The monoisotopic (exact) mass is 419 g/mol. The van der Waals surface area contributed by atoms with Gasteiger partial charge in [-0.25, -0.2) is 4.79 Å². The summed E-state index contributed by atoms with van der Waals surface area (Å²) in [4.78, 5) is 28.5. The highest BCUT2D eigenvalue weighted by atomic mass is 16.5. The largest absolute Gasteiger partial charge is 0.464 e. The summed E-state index contributed by atoms with van der Waals surface area (Å²) in [5.74, 6) is 0.153. The molecule has 31 heavy (non-hydrogen) atoms. The highest BCUT2D eigenvalue weighted by Gasteiger charge is 2.33. The van der Waals surface area contributed by atoms with Crippen molar-refractivity contribution in [2.45, 2.75) is 38.3 Å². The molecule has 0 N–H and O–H groups in total. The molecule has 1 amide bonds. The van der Waals surface area contributed by atoms with Gasteiger partial charge in [-0.15, -0.1) is 10.2 Å². The Morgan fingerprint density at radius 2 is 1.77 bits per heavy atom. The van der Waals surface area contributed by atoms with Crippen molar-refractivity contribution in [2.75, 3.05) is 13.2 Å². The maximum atomic E-state index is 12.9. The van der Waals surface area contributed by atoms with Crippen molar-refractivity contribution in [1.82, 2.24) is 25.1 Å². The van der Waals surface area contributed by atoms with Crippen molar-refractivity contribution in [1.29, 1.82) is 0 Å². The number of hydrogen-bond donors (Lipinski definition) is 0. The summed E-state index contributed by atoms with van der Waals surface area (Å²) < 4.78 is 5.55. The van der Waals surface area contributed by atoms with Crippen LogP contribution < -0.4 is 0 Å². The van der Waals surface area contributed by atoms with Crippen molar-refractivity contribution < 1.29 is 14.3 Å². The molecule has 3 aromatic rings. The van der Waals surface area contributed by atoms with Gasteiger partial charge in [0, 0.05) is 24.9 Å². The van der Waals surface area contributed by atoms with Crippen LogP contribution in [0.1, 0.15) is 37.3 Å². The third kappa shape index (κ3) is 5.14. The average Bonchev–Trinajstić information content (AvgIpc) is 3.29. The van der Waals surface area contributed by atoms with E-state index in [2.05, 4.69) is 15.4 Å². The zero-order valence-corrected chi connectivity index (χ0v) is 17.3. The number of piperidine rings is 1. The molecule has 1 atom stereocenters. The molecule has 0 bridgehead atoms. The number of nitrogens with zero attached hydrogens (tertiary/aromatic N) is 5. The molecule has 8 nitrogen and oxygen atoms in total. The average molecular weight is 419 g/mol. The summed E-state index contributed by atoms with van der Waals surface area (Å²) >= 11 is 0. The van der Waals surface area contributed by atoms with Crippen LogP contribution in [0.3, 0.4) is 0 Å². The van der Waals surface area contributed by atoms with E-state index in [1.165, 1.54) is 4.80 Å². The van der Waals surface area contributed by atoms with Crippen LogP contribution in [0.2, 0.25) is 0 Å². The number of aryl methyl sites for hydroxylation is 1. The Kier molecular flexibility index (Phi) is 6.66. The first-order valence-corrected chi connectivity index (χ1v) is 10.6. The summed E-state index contributed by atoms with van der Waals surface area (Å²) in [5.41, 5.74) is 1.67. The van der Waals surface area contributed by atoms with E-state index in [9.17, 15) is 9.59 Å². The number of amides is 1. The lowest BCUT2D eigenvalue weighted by Crippen LogP contribution is -2.42. The van der Waals surface area contributed by atoms with Crippen molar-refractivity contribution in [3.63, 3.8) is 0 Å². The standard InChI is InChI=1S/C23H25N5O3/c29-20-14-7-8-15-27(20)21(18-10-3-1-4-11-18)23(30)31-17-9-16-28-25-22(24-26-28)19-12-5-2-6-13-19/h1-6,10-13,21H,7-9,14-17H2. The van der Waals surface area contributed by atoms with Crippen LogP contribution in [0.4, 0.5) is 0 Å². The Balaban J connectivity index is 1.34. The minimum absolute atomic E-state index is 0.00249. The van der Waals surface area contributed by atoms with Crippen LogP contribution in [0.25, 0.3) is 11.4 Å². The number of carbonyl (C=O) groups excluding carboxylic acids is 2. The van der Waals surface area contributed by atoms with Crippen molar-refractivity contribution >= 4 is 11.9 Å². The zero-order chi connectivity index (χ0) is 21.5. The van der Waals surface area contributed by atoms with Crippen LogP contribution in [-0.4, -0.2) is 50.1 Å². The minimum Gasteiger partial charge on any atom is -0.464 e. The van der Waals surface area contributed by atoms with E-state index in [1.807, 2.05) is 60.7 Å². The molecule has 8 heteroatoms. The number of aromatic nitrogens is 4. The molecule has 1 fully saturated rings. The van der Waals surface area contributed by atoms with Crippen LogP contribution >= 0.6 is 0 Å². The highest BCUT2D eigenvalue weighted by Crippen LogP contribution is 2.26. The van der Waals surface area contributed by atoms with Crippen molar-refractivity contribution in [2.24, 2.45) is 0 Å². The number of likely N-dealkylation sites (tertiary alicyclic amines) is 1. The van der Waals surface area contributed by atoms with Gasteiger partial charge in [0.15, 0.2) is 6.04 Å². The van der Waals surface area contributed by atoms with Gasteiger partial charge < -0.3 is 9.64 Å². The lowest BCUT2D eigenvalue weighted by atomic mass is 10.0. The molecule has 160 valence electrons. The number of esters is 1. The molecule has 2 heterocycles. The van der Waals surface area contributed by atoms with Gasteiger partial charge in [0.05, 0.1) is 13.2 Å². The smallest absolute Gasteiger partial charge is 0.333 e. The minimum atomic E-state index is -0.705. The molecule has 1 aromatic heterocycles. The fourth-order valence-electron chi connectivity index (χ4n) is 3.68. The lowest BCUT2D eigenvalue weighted by molar-refractivity contribution is -0.157. The normalized spacial score (nSPS) is 15.0. The fourth-order valence-corrected chi connectivity index (χ4v) is 3.68. The molecule has 4 rings (SSSR count). The summed E-state index contributed by atoms with van der Waals surface area (Å²) in [6.45, 7) is 1.26.